The number of rotatable bonds is 7. The summed E-state index contributed by atoms with van der Waals surface area (Å²) in [6, 6.07) is 4.91. The average Bonchev–Trinajstić information content (AvgIpc) is 2.34. The highest BCUT2D eigenvalue weighted by molar-refractivity contribution is 5.98. The Balaban J connectivity index is 2.62. The van der Waals surface area contributed by atoms with Gasteiger partial charge < -0.3 is 15.6 Å². The van der Waals surface area contributed by atoms with Gasteiger partial charge in [-0.15, -0.1) is 0 Å². The van der Waals surface area contributed by atoms with Crippen molar-refractivity contribution in [3.05, 3.63) is 23.8 Å². The van der Waals surface area contributed by atoms with Crippen LogP contribution in [-0.4, -0.2) is 23.5 Å². The van der Waals surface area contributed by atoms with E-state index in [4.69, 9.17) is 15.6 Å². The molecule has 0 heterocycles. The lowest BCUT2D eigenvalue weighted by atomic mass is 10.0. The van der Waals surface area contributed by atoms with E-state index in [1.54, 1.807) is 18.2 Å². The van der Waals surface area contributed by atoms with Crippen molar-refractivity contribution in [2.45, 2.75) is 26.7 Å². The Morgan fingerprint density at radius 1 is 1.37 bits per heavy atom. The largest absolute Gasteiger partial charge is 0.491 e. The Kier molecular flexibility index (Phi) is 5.36. The Bertz CT molecular complexity index is 469. The minimum Gasteiger partial charge on any atom is -0.491 e. The zero-order valence-corrected chi connectivity index (χ0v) is 11.2. The number of carboxylic acid groups (broad SMARTS) is 1. The summed E-state index contributed by atoms with van der Waals surface area (Å²) in [6.07, 6.45) is 0.477. The number of hydrogen-bond donors (Lipinski definition) is 2. The first-order chi connectivity index (χ1) is 8.91. The molecule has 0 unspecified atom stereocenters. The summed E-state index contributed by atoms with van der Waals surface area (Å²) in [4.78, 5) is 22.1. The summed E-state index contributed by atoms with van der Waals surface area (Å²) in [5.41, 5.74) is 6.76. The Hall–Kier alpha value is -2.04. The third-order valence-electron chi connectivity index (χ3n) is 2.61. The van der Waals surface area contributed by atoms with Gasteiger partial charge in [-0.1, -0.05) is 13.8 Å². The molecule has 0 aliphatic rings. The molecule has 104 valence electrons. The molecule has 0 saturated heterocycles. The van der Waals surface area contributed by atoms with Crippen LogP contribution in [0.4, 0.5) is 5.69 Å². The zero-order valence-electron chi connectivity index (χ0n) is 11.2. The van der Waals surface area contributed by atoms with Gasteiger partial charge in [0.1, 0.15) is 5.75 Å². The molecule has 1 aromatic carbocycles. The molecule has 0 aliphatic heterocycles. The standard InChI is InChI=1S/C14H19NO4/c1-9(2)14(18)10-5-6-12(11(15)8-10)19-7-3-4-13(16)17/h5-6,8-9H,3-4,7,15H2,1-2H3,(H,16,17). The van der Waals surface area contributed by atoms with Crippen LogP contribution in [0.25, 0.3) is 0 Å². The highest BCUT2D eigenvalue weighted by Gasteiger charge is 2.12. The second-order valence-electron chi connectivity index (χ2n) is 4.62. The van der Waals surface area contributed by atoms with Gasteiger partial charge in [-0.25, -0.2) is 0 Å². The van der Waals surface area contributed by atoms with Gasteiger partial charge in [0.25, 0.3) is 0 Å². The molecular weight excluding hydrogens is 246 g/mol. The van der Waals surface area contributed by atoms with E-state index < -0.39 is 5.97 Å². The molecule has 1 rings (SSSR count). The maximum Gasteiger partial charge on any atom is 0.303 e. The molecule has 0 fully saturated rings. The van der Waals surface area contributed by atoms with Gasteiger partial charge in [0.2, 0.25) is 0 Å². The van der Waals surface area contributed by atoms with E-state index >= 15 is 0 Å². The summed E-state index contributed by atoms with van der Waals surface area (Å²) in [7, 11) is 0. The van der Waals surface area contributed by atoms with Crippen LogP contribution in [0.3, 0.4) is 0 Å². The summed E-state index contributed by atoms with van der Waals surface area (Å²) in [6.45, 7) is 3.94. The van der Waals surface area contributed by atoms with Crippen molar-refractivity contribution in [3.8, 4) is 5.75 Å². The maximum atomic E-state index is 11.8. The molecule has 0 aliphatic carbocycles. The predicted octanol–water partition coefficient (Wildman–Crippen LogP) is 2.35. The molecule has 0 aromatic heterocycles. The van der Waals surface area contributed by atoms with Crippen molar-refractivity contribution < 1.29 is 19.4 Å². The molecule has 0 atom stereocenters. The fourth-order valence-electron chi connectivity index (χ4n) is 1.57. The summed E-state index contributed by atoms with van der Waals surface area (Å²) in [5.74, 6) is -0.425. The second kappa shape index (κ2) is 6.78. The highest BCUT2D eigenvalue weighted by Crippen LogP contribution is 2.24. The van der Waals surface area contributed by atoms with Crippen molar-refractivity contribution in [3.63, 3.8) is 0 Å². The average molecular weight is 265 g/mol. The number of ketones is 1. The first-order valence-corrected chi connectivity index (χ1v) is 6.20. The Labute approximate surface area is 112 Å². The van der Waals surface area contributed by atoms with E-state index in [1.807, 2.05) is 13.8 Å². The van der Waals surface area contributed by atoms with E-state index in [-0.39, 0.29) is 24.7 Å². The van der Waals surface area contributed by atoms with Crippen LogP contribution in [0.2, 0.25) is 0 Å². The van der Waals surface area contributed by atoms with Crippen molar-refractivity contribution in [2.24, 2.45) is 5.92 Å². The van der Waals surface area contributed by atoms with Gasteiger partial charge in [-0.3, -0.25) is 9.59 Å². The van der Waals surface area contributed by atoms with Crippen LogP contribution in [0, 0.1) is 5.92 Å². The van der Waals surface area contributed by atoms with Gasteiger partial charge in [0.05, 0.1) is 12.3 Å². The molecule has 0 spiro atoms. The number of ether oxygens (including phenoxy) is 1. The lowest BCUT2D eigenvalue weighted by molar-refractivity contribution is -0.137. The van der Waals surface area contributed by atoms with Gasteiger partial charge >= 0.3 is 5.97 Å². The van der Waals surface area contributed by atoms with Gasteiger partial charge in [0, 0.05) is 17.9 Å². The predicted molar refractivity (Wildman–Crippen MR) is 72.4 cm³/mol. The van der Waals surface area contributed by atoms with Crippen molar-refractivity contribution in [1.82, 2.24) is 0 Å². The minimum atomic E-state index is -0.852. The first-order valence-electron chi connectivity index (χ1n) is 6.20. The van der Waals surface area contributed by atoms with E-state index in [0.717, 1.165) is 0 Å². The molecule has 0 bridgehead atoms. The molecule has 5 heteroatoms. The van der Waals surface area contributed by atoms with Crippen molar-refractivity contribution >= 4 is 17.4 Å². The molecule has 1 aromatic rings. The number of nitrogens with two attached hydrogens (primary N) is 1. The summed E-state index contributed by atoms with van der Waals surface area (Å²) >= 11 is 0. The Morgan fingerprint density at radius 2 is 2.05 bits per heavy atom. The monoisotopic (exact) mass is 265 g/mol. The normalized spacial score (nSPS) is 10.5. The van der Waals surface area contributed by atoms with Crippen LogP contribution in [0.15, 0.2) is 18.2 Å². The molecule has 0 saturated carbocycles. The topological polar surface area (TPSA) is 89.6 Å². The smallest absolute Gasteiger partial charge is 0.303 e. The van der Waals surface area contributed by atoms with Gasteiger partial charge in [0.15, 0.2) is 5.78 Å². The number of benzene rings is 1. The second-order valence-corrected chi connectivity index (χ2v) is 4.62. The van der Waals surface area contributed by atoms with Crippen LogP contribution in [0.5, 0.6) is 5.75 Å². The molecular formula is C14H19NO4. The lowest BCUT2D eigenvalue weighted by Gasteiger charge is -2.10. The van der Waals surface area contributed by atoms with Gasteiger partial charge in [-0.2, -0.15) is 0 Å². The summed E-state index contributed by atoms with van der Waals surface area (Å²) < 4.78 is 5.38. The number of carboxylic acids is 1. The van der Waals surface area contributed by atoms with Crippen LogP contribution < -0.4 is 10.5 Å². The Morgan fingerprint density at radius 3 is 2.58 bits per heavy atom. The van der Waals surface area contributed by atoms with E-state index in [0.29, 0.717) is 23.4 Å². The number of carbonyl (C=O) groups excluding carboxylic acids is 1. The van der Waals surface area contributed by atoms with Gasteiger partial charge in [-0.05, 0) is 24.6 Å². The quantitative estimate of drug-likeness (QED) is 0.448. The fourth-order valence-corrected chi connectivity index (χ4v) is 1.57. The number of aliphatic carboxylic acids is 1. The molecule has 19 heavy (non-hydrogen) atoms. The van der Waals surface area contributed by atoms with Crippen LogP contribution in [0.1, 0.15) is 37.0 Å². The highest BCUT2D eigenvalue weighted by atomic mass is 16.5. The molecule has 0 amide bonds. The molecule has 3 N–H and O–H groups in total. The number of carbonyl (C=O) groups is 2. The number of nitrogen functional groups attached to an aromatic ring is 1. The third kappa shape index (κ3) is 4.62. The summed E-state index contributed by atoms with van der Waals surface area (Å²) in [5, 5.41) is 8.50. The molecule has 5 nitrogen and oxygen atoms in total. The number of anilines is 1. The maximum absolute atomic E-state index is 11.8. The van der Waals surface area contributed by atoms with E-state index in [2.05, 4.69) is 0 Å². The third-order valence-corrected chi connectivity index (χ3v) is 2.61. The van der Waals surface area contributed by atoms with Crippen molar-refractivity contribution in [1.29, 1.82) is 0 Å². The molecule has 0 radical (unpaired) electrons. The SMILES string of the molecule is CC(C)C(=O)c1ccc(OCCCC(=O)O)c(N)c1. The van der Waals surface area contributed by atoms with E-state index in [1.165, 1.54) is 0 Å². The number of Topliss-reactive ketones (excluding diaryl/α,β-unsaturated/α-hetero) is 1. The lowest BCUT2D eigenvalue weighted by Crippen LogP contribution is -2.09. The van der Waals surface area contributed by atoms with Crippen molar-refractivity contribution in [2.75, 3.05) is 12.3 Å². The first kappa shape index (κ1) is 15.0. The van der Waals surface area contributed by atoms with E-state index in [9.17, 15) is 9.59 Å². The zero-order chi connectivity index (χ0) is 14.4. The number of hydrogen-bond acceptors (Lipinski definition) is 4. The van der Waals surface area contributed by atoms with Crippen LogP contribution >= 0.6 is 0 Å². The minimum absolute atomic E-state index is 0.0316. The fraction of sp³-hybridized carbons (Fsp3) is 0.429. The van der Waals surface area contributed by atoms with Crippen LogP contribution in [-0.2, 0) is 4.79 Å².